The molecule has 2 rings (SSSR count). The summed E-state index contributed by atoms with van der Waals surface area (Å²) < 4.78 is 0. The predicted molar refractivity (Wildman–Crippen MR) is 85.3 cm³/mol. The third kappa shape index (κ3) is 4.05. The first-order chi connectivity index (χ1) is 10.1. The van der Waals surface area contributed by atoms with Crippen molar-refractivity contribution in [2.75, 3.05) is 5.32 Å². The minimum Gasteiger partial charge on any atom is -0.382 e. The molecular formula is C17H21N3O. The number of amides is 1. The maximum Gasteiger partial charge on any atom is 0.253 e. The Morgan fingerprint density at radius 3 is 2.52 bits per heavy atom. The van der Waals surface area contributed by atoms with Gasteiger partial charge in [0.2, 0.25) is 0 Å². The maximum absolute atomic E-state index is 12.5. The summed E-state index contributed by atoms with van der Waals surface area (Å²) >= 11 is 0. The van der Waals surface area contributed by atoms with Crippen LogP contribution in [-0.2, 0) is 0 Å². The van der Waals surface area contributed by atoms with E-state index in [0.717, 1.165) is 11.3 Å². The number of carbonyl (C=O) groups is 1. The molecule has 0 aliphatic heterocycles. The highest BCUT2D eigenvalue weighted by molar-refractivity contribution is 5.99. The Bertz CT molecular complexity index is 596. The molecule has 110 valence electrons. The van der Waals surface area contributed by atoms with Crippen LogP contribution in [0.25, 0.3) is 0 Å². The van der Waals surface area contributed by atoms with Crippen LogP contribution in [0.15, 0.2) is 48.8 Å². The van der Waals surface area contributed by atoms with Crippen LogP contribution in [0.5, 0.6) is 0 Å². The molecule has 0 aliphatic carbocycles. The highest BCUT2D eigenvalue weighted by atomic mass is 16.1. The molecule has 0 unspecified atom stereocenters. The standard InChI is InChI=1S/C17H21N3O/c1-12(2)19-16-9-5-4-8-15(16)17(21)20-13(3)14-7-6-10-18-11-14/h4-13,19H,1-3H3,(H,20,21)/t13-/m1/s1. The van der Waals surface area contributed by atoms with Gasteiger partial charge in [0.15, 0.2) is 0 Å². The van der Waals surface area contributed by atoms with Crippen molar-refractivity contribution in [1.29, 1.82) is 0 Å². The van der Waals surface area contributed by atoms with E-state index in [1.807, 2.05) is 57.2 Å². The minimum absolute atomic E-state index is 0.0849. The average Bonchev–Trinajstić information content (AvgIpc) is 2.48. The van der Waals surface area contributed by atoms with Crippen molar-refractivity contribution in [3.8, 4) is 0 Å². The largest absolute Gasteiger partial charge is 0.382 e. The lowest BCUT2D eigenvalue weighted by Gasteiger charge is -2.17. The van der Waals surface area contributed by atoms with Crippen molar-refractivity contribution in [3.05, 3.63) is 59.9 Å². The van der Waals surface area contributed by atoms with Gasteiger partial charge in [0.25, 0.3) is 5.91 Å². The Kier molecular flexibility index (Phi) is 4.93. The molecule has 0 radical (unpaired) electrons. The van der Waals surface area contributed by atoms with Gasteiger partial charge >= 0.3 is 0 Å². The van der Waals surface area contributed by atoms with E-state index in [4.69, 9.17) is 0 Å². The number of hydrogen-bond donors (Lipinski definition) is 2. The summed E-state index contributed by atoms with van der Waals surface area (Å²) in [4.78, 5) is 16.5. The molecule has 21 heavy (non-hydrogen) atoms. The molecule has 2 N–H and O–H groups in total. The predicted octanol–water partition coefficient (Wildman–Crippen LogP) is 3.39. The van der Waals surface area contributed by atoms with Gasteiger partial charge in [0.1, 0.15) is 0 Å². The van der Waals surface area contributed by atoms with Crippen molar-refractivity contribution in [1.82, 2.24) is 10.3 Å². The number of aromatic nitrogens is 1. The minimum atomic E-state index is -0.0879. The molecule has 1 aromatic heterocycles. The lowest BCUT2D eigenvalue weighted by Crippen LogP contribution is -2.28. The van der Waals surface area contributed by atoms with Crippen molar-refractivity contribution < 1.29 is 4.79 Å². The third-order valence-electron chi connectivity index (χ3n) is 3.15. The molecule has 0 saturated carbocycles. The highest BCUT2D eigenvalue weighted by Gasteiger charge is 2.14. The molecule has 1 atom stereocenters. The number of nitrogens with one attached hydrogen (secondary N) is 2. The molecule has 1 aromatic carbocycles. The molecule has 0 aliphatic rings. The average molecular weight is 283 g/mol. The Morgan fingerprint density at radius 1 is 1.10 bits per heavy atom. The van der Waals surface area contributed by atoms with Crippen LogP contribution in [0.3, 0.4) is 0 Å². The second-order valence-corrected chi connectivity index (χ2v) is 5.33. The van der Waals surface area contributed by atoms with Gasteiger partial charge in [0, 0.05) is 24.1 Å². The number of anilines is 1. The third-order valence-corrected chi connectivity index (χ3v) is 3.15. The number of nitrogens with zero attached hydrogens (tertiary/aromatic N) is 1. The molecular weight excluding hydrogens is 262 g/mol. The number of hydrogen-bond acceptors (Lipinski definition) is 3. The maximum atomic E-state index is 12.5. The van der Waals surface area contributed by atoms with Crippen molar-refractivity contribution >= 4 is 11.6 Å². The SMILES string of the molecule is CC(C)Nc1ccccc1C(=O)N[C@H](C)c1cccnc1. The zero-order chi connectivity index (χ0) is 15.2. The fourth-order valence-electron chi connectivity index (χ4n) is 2.11. The molecule has 0 fully saturated rings. The van der Waals surface area contributed by atoms with Gasteiger partial charge in [0.05, 0.1) is 11.6 Å². The Hall–Kier alpha value is -2.36. The van der Waals surface area contributed by atoms with Gasteiger partial charge in [-0.15, -0.1) is 0 Å². The molecule has 0 saturated heterocycles. The van der Waals surface area contributed by atoms with Gasteiger partial charge in [-0.1, -0.05) is 18.2 Å². The highest BCUT2D eigenvalue weighted by Crippen LogP contribution is 2.18. The van der Waals surface area contributed by atoms with Gasteiger partial charge in [-0.05, 0) is 44.5 Å². The van der Waals surface area contributed by atoms with Crippen LogP contribution in [-0.4, -0.2) is 16.9 Å². The lowest BCUT2D eigenvalue weighted by atomic mass is 10.1. The molecule has 4 nitrogen and oxygen atoms in total. The van der Waals surface area contributed by atoms with E-state index in [-0.39, 0.29) is 18.0 Å². The van der Waals surface area contributed by atoms with Crippen molar-refractivity contribution in [2.45, 2.75) is 32.9 Å². The zero-order valence-corrected chi connectivity index (χ0v) is 12.6. The van der Waals surface area contributed by atoms with E-state index in [0.29, 0.717) is 5.56 Å². The van der Waals surface area contributed by atoms with Crippen LogP contribution in [0.1, 0.15) is 42.7 Å². The van der Waals surface area contributed by atoms with Crippen molar-refractivity contribution in [3.63, 3.8) is 0 Å². The summed E-state index contributed by atoms with van der Waals surface area (Å²) in [7, 11) is 0. The first kappa shape index (κ1) is 15.0. The molecule has 4 heteroatoms. The Labute approximate surface area is 125 Å². The second-order valence-electron chi connectivity index (χ2n) is 5.33. The zero-order valence-electron chi connectivity index (χ0n) is 12.6. The smallest absolute Gasteiger partial charge is 0.253 e. The Morgan fingerprint density at radius 2 is 1.86 bits per heavy atom. The first-order valence-electron chi connectivity index (χ1n) is 7.14. The van der Waals surface area contributed by atoms with E-state index in [2.05, 4.69) is 15.6 Å². The summed E-state index contributed by atoms with van der Waals surface area (Å²) in [5.74, 6) is -0.0879. The molecule has 0 bridgehead atoms. The number of benzene rings is 1. The second kappa shape index (κ2) is 6.88. The summed E-state index contributed by atoms with van der Waals surface area (Å²) in [5.41, 5.74) is 2.49. The van der Waals surface area contributed by atoms with Crippen molar-refractivity contribution in [2.24, 2.45) is 0 Å². The van der Waals surface area contributed by atoms with Crippen LogP contribution in [0, 0.1) is 0 Å². The topological polar surface area (TPSA) is 54.0 Å². The Balaban J connectivity index is 2.14. The fourth-order valence-corrected chi connectivity index (χ4v) is 2.11. The lowest BCUT2D eigenvalue weighted by molar-refractivity contribution is 0.0940. The van der Waals surface area contributed by atoms with E-state index in [1.165, 1.54) is 0 Å². The first-order valence-corrected chi connectivity index (χ1v) is 7.14. The van der Waals surface area contributed by atoms with Crippen LogP contribution >= 0.6 is 0 Å². The molecule has 0 spiro atoms. The number of rotatable bonds is 5. The van der Waals surface area contributed by atoms with E-state index >= 15 is 0 Å². The quantitative estimate of drug-likeness (QED) is 0.884. The van der Waals surface area contributed by atoms with Gasteiger partial charge < -0.3 is 10.6 Å². The number of carbonyl (C=O) groups excluding carboxylic acids is 1. The summed E-state index contributed by atoms with van der Waals surface area (Å²) in [5, 5.41) is 6.30. The van der Waals surface area contributed by atoms with E-state index < -0.39 is 0 Å². The fraction of sp³-hybridized carbons (Fsp3) is 0.294. The van der Waals surface area contributed by atoms with Gasteiger partial charge in [-0.2, -0.15) is 0 Å². The number of pyridine rings is 1. The van der Waals surface area contributed by atoms with Gasteiger partial charge in [-0.3, -0.25) is 9.78 Å². The summed E-state index contributed by atoms with van der Waals surface area (Å²) in [6.07, 6.45) is 3.49. The van der Waals surface area contributed by atoms with Crippen LogP contribution in [0.2, 0.25) is 0 Å². The monoisotopic (exact) mass is 283 g/mol. The van der Waals surface area contributed by atoms with E-state index in [9.17, 15) is 4.79 Å². The van der Waals surface area contributed by atoms with E-state index in [1.54, 1.807) is 12.4 Å². The number of para-hydroxylation sites is 1. The molecule has 1 amide bonds. The summed E-state index contributed by atoms with van der Waals surface area (Å²) in [6.45, 7) is 6.05. The van der Waals surface area contributed by atoms with Crippen LogP contribution < -0.4 is 10.6 Å². The normalized spacial score (nSPS) is 12.0. The van der Waals surface area contributed by atoms with Gasteiger partial charge in [-0.25, -0.2) is 0 Å². The molecule has 1 heterocycles. The molecule has 2 aromatic rings. The summed E-state index contributed by atoms with van der Waals surface area (Å²) in [6, 6.07) is 11.6. The van der Waals surface area contributed by atoms with Crippen LogP contribution in [0.4, 0.5) is 5.69 Å².